The molecule has 2 bridgehead atoms. The number of halogens is 1. The fourth-order valence-electron chi connectivity index (χ4n) is 6.56. The van der Waals surface area contributed by atoms with Crippen molar-refractivity contribution in [3.8, 4) is 0 Å². The number of piperidine rings is 3. The number of fused-ring (bicyclic) bond motifs is 3. The molecule has 4 heterocycles. The van der Waals surface area contributed by atoms with Crippen LogP contribution < -0.4 is 17.7 Å². The Morgan fingerprint density at radius 3 is 2.36 bits per heavy atom. The van der Waals surface area contributed by atoms with Gasteiger partial charge in [-0.2, -0.15) is 0 Å². The van der Waals surface area contributed by atoms with Crippen LogP contribution in [0.15, 0.2) is 48.7 Å². The highest BCUT2D eigenvalue weighted by Crippen LogP contribution is 2.42. The summed E-state index contributed by atoms with van der Waals surface area (Å²) < 4.78 is 7.12. The van der Waals surface area contributed by atoms with Crippen molar-refractivity contribution < 1.29 is 31.2 Å². The summed E-state index contributed by atoms with van der Waals surface area (Å²) in [4.78, 5) is 31.1. The number of anilines is 1. The molecule has 6 rings (SSSR count). The first-order valence-electron chi connectivity index (χ1n) is 13.3. The largest absolute Gasteiger partial charge is 1.00 e. The Morgan fingerprint density at radius 2 is 1.72 bits per heavy atom. The maximum absolute atomic E-state index is 13.9. The van der Waals surface area contributed by atoms with Gasteiger partial charge >= 0.3 is 5.97 Å². The molecule has 2 aromatic rings. The molecule has 194 valence electrons. The maximum Gasteiger partial charge on any atom is 0.317 e. The zero-order chi connectivity index (χ0) is 24.3. The Labute approximate surface area is 220 Å². The number of ether oxygens (including phenoxy) is 1. The Balaban J connectivity index is 0.00000304. The lowest BCUT2D eigenvalue weighted by Crippen LogP contribution is -3.00. The molecular formula is C29H38ClN3O3. The van der Waals surface area contributed by atoms with E-state index < -0.39 is 5.41 Å². The number of hydrogen-bond acceptors (Lipinski definition) is 4. The molecule has 1 amide bonds. The topological polar surface area (TPSA) is 68.3 Å². The van der Waals surface area contributed by atoms with Crippen LogP contribution in [-0.2, 0) is 19.7 Å². The van der Waals surface area contributed by atoms with Gasteiger partial charge in [0.05, 0.1) is 18.5 Å². The standard InChI is InChI=1S/C29H37N3O3.ClH/c1-22-11-12-26(30-19-22)31-27(33)21-32-17-13-23(14-18-32)25(20-32)35-28(34)29(15-7-2-3-8-16-29)24-9-5-4-6-10-24;/h4-6,9-12,19,23,25H,2-3,7-8,13-18,20-21H2,1H3;1H. The second-order valence-electron chi connectivity index (χ2n) is 11.0. The summed E-state index contributed by atoms with van der Waals surface area (Å²) in [6.07, 6.45) is 9.87. The highest BCUT2D eigenvalue weighted by atomic mass is 35.5. The van der Waals surface area contributed by atoms with Crippen LogP contribution in [0.2, 0.25) is 0 Å². The zero-order valence-corrected chi connectivity index (χ0v) is 22.0. The molecule has 3 aliphatic heterocycles. The molecule has 36 heavy (non-hydrogen) atoms. The molecule has 7 heteroatoms. The molecule has 1 atom stereocenters. The lowest BCUT2D eigenvalue weighted by molar-refractivity contribution is -0.939. The van der Waals surface area contributed by atoms with Crippen LogP contribution in [0.1, 0.15) is 62.5 Å². The molecule has 4 fully saturated rings. The fraction of sp³-hybridized carbons (Fsp3) is 0.552. The van der Waals surface area contributed by atoms with Crippen molar-refractivity contribution in [3.63, 3.8) is 0 Å². The number of aromatic nitrogens is 1. The molecule has 1 saturated carbocycles. The van der Waals surface area contributed by atoms with E-state index in [2.05, 4.69) is 22.4 Å². The Kier molecular flexibility index (Phi) is 8.36. The first kappa shape index (κ1) is 26.6. The van der Waals surface area contributed by atoms with Crippen molar-refractivity contribution in [2.24, 2.45) is 5.92 Å². The molecule has 1 unspecified atom stereocenters. The number of hydrogen-bond donors (Lipinski definition) is 1. The van der Waals surface area contributed by atoms with Gasteiger partial charge in [0.1, 0.15) is 12.4 Å². The molecule has 3 saturated heterocycles. The number of esters is 1. The van der Waals surface area contributed by atoms with E-state index in [-0.39, 0.29) is 30.4 Å². The first-order valence-corrected chi connectivity index (χ1v) is 13.3. The number of benzene rings is 1. The summed E-state index contributed by atoms with van der Waals surface area (Å²) in [5.41, 5.74) is 1.62. The van der Waals surface area contributed by atoms with Crippen LogP contribution in [0.5, 0.6) is 0 Å². The van der Waals surface area contributed by atoms with E-state index in [1.807, 2.05) is 37.3 Å². The van der Waals surface area contributed by atoms with Gasteiger partial charge in [-0.15, -0.1) is 0 Å². The Morgan fingerprint density at radius 1 is 1.03 bits per heavy atom. The predicted molar refractivity (Wildman–Crippen MR) is 136 cm³/mol. The van der Waals surface area contributed by atoms with Crippen LogP contribution in [-0.4, -0.2) is 53.6 Å². The van der Waals surface area contributed by atoms with Crippen LogP contribution in [0.3, 0.4) is 0 Å². The smallest absolute Gasteiger partial charge is 0.317 e. The summed E-state index contributed by atoms with van der Waals surface area (Å²) in [6, 6.07) is 14.1. The van der Waals surface area contributed by atoms with Crippen LogP contribution in [0.25, 0.3) is 0 Å². The summed E-state index contributed by atoms with van der Waals surface area (Å²) in [6.45, 7) is 5.05. The van der Waals surface area contributed by atoms with Gasteiger partial charge in [-0.1, -0.05) is 62.1 Å². The van der Waals surface area contributed by atoms with Crippen molar-refractivity contribution in [1.82, 2.24) is 4.98 Å². The minimum absolute atomic E-state index is 0. The number of amides is 1. The molecule has 0 spiro atoms. The predicted octanol–water partition coefficient (Wildman–Crippen LogP) is 1.78. The molecule has 4 aliphatic rings. The minimum atomic E-state index is -0.539. The molecular weight excluding hydrogens is 474 g/mol. The van der Waals surface area contributed by atoms with E-state index in [0.29, 0.717) is 22.8 Å². The lowest BCUT2D eigenvalue weighted by Gasteiger charge is -2.52. The third-order valence-corrected chi connectivity index (χ3v) is 8.63. The summed E-state index contributed by atoms with van der Waals surface area (Å²) >= 11 is 0. The van der Waals surface area contributed by atoms with Crippen LogP contribution in [0.4, 0.5) is 5.82 Å². The fourth-order valence-corrected chi connectivity index (χ4v) is 6.56. The van der Waals surface area contributed by atoms with Gasteiger partial charge in [-0.25, -0.2) is 4.98 Å². The molecule has 1 aromatic carbocycles. The second kappa shape index (κ2) is 11.3. The van der Waals surface area contributed by atoms with E-state index in [4.69, 9.17) is 4.74 Å². The third kappa shape index (κ3) is 5.60. The zero-order valence-electron chi connectivity index (χ0n) is 21.3. The lowest BCUT2D eigenvalue weighted by atomic mass is 9.74. The molecule has 1 N–H and O–H groups in total. The molecule has 0 radical (unpaired) electrons. The van der Waals surface area contributed by atoms with Gasteiger partial charge in [0, 0.05) is 25.0 Å². The van der Waals surface area contributed by atoms with E-state index in [0.717, 1.165) is 69.3 Å². The number of quaternary nitrogens is 1. The highest BCUT2D eigenvalue weighted by molar-refractivity contribution is 5.90. The van der Waals surface area contributed by atoms with Gasteiger partial charge in [0.15, 0.2) is 12.6 Å². The van der Waals surface area contributed by atoms with Gasteiger partial charge in [0.2, 0.25) is 0 Å². The Hall–Kier alpha value is -2.44. The normalized spacial score (nSPS) is 26.8. The van der Waals surface area contributed by atoms with Crippen LogP contribution >= 0.6 is 0 Å². The number of aryl methyl sites for hydroxylation is 1. The van der Waals surface area contributed by atoms with Crippen molar-refractivity contribution >= 4 is 17.7 Å². The van der Waals surface area contributed by atoms with Gasteiger partial charge in [0.25, 0.3) is 5.91 Å². The van der Waals surface area contributed by atoms with Crippen molar-refractivity contribution in [2.45, 2.75) is 69.8 Å². The first-order chi connectivity index (χ1) is 17.0. The van der Waals surface area contributed by atoms with Gasteiger partial charge in [-0.3, -0.25) is 9.59 Å². The maximum atomic E-state index is 13.9. The quantitative estimate of drug-likeness (QED) is 0.365. The van der Waals surface area contributed by atoms with Crippen molar-refractivity contribution in [2.75, 3.05) is 31.5 Å². The summed E-state index contributed by atoms with van der Waals surface area (Å²) in [5.74, 6) is 0.929. The van der Waals surface area contributed by atoms with E-state index in [1.165, 1.54) is 12.8 Å². The SMILES string of the molecule is Cc1ccc(NC(=O)C[N+]23CCC(CC2)C(OC(=O)C2(c4ccccc4)CCCCCC2)C3)nc1.[Cl-]. The second-order valence-corrected chi connectivity index (χ2v) is 11.0. The van der Waals surface area contributed by atoms with Crippen molar-refractivity contribution in [1.29, 1.82) is 0 Å². The van der Waals surface area contributed by atoms with Crippen molar-refractivity contribution in [3.05, 3.63) is 59.8 Å². The van der Waals surface area contributed by atoms with E-state index >= 15 is 0 Å². The van der Waals surface area contributed by atoms with E-state index in [9.17, 15) is 9.59 Å². The number of carbonyl (C=O) groups excluding carboxylic acids is 2. The third-order valence-electron chi connectivity index (χ3n) is 8.63. The summed E-state index contributed by atoms with van der Waals surface area (Å²) in [5, 5.41) is 2.96. The average Bonchev–Trinajstić information content (AvgIpc) is 3.14. The molecule has 1 aromatic heterocycles. The number of pyridine rings is 1. The number of nitrogens with one attached hydrogen (secondary N) is 1. The minimum Gasteiger partial charge on any atom is -1.00 e. The van der Waals surface area contributed by atoms with Gasteiger partial charge < -0.3 is 26.9 Å². The molecule has 1 aliphatic carbocycles. The van der Waals surface area contributed by atoms with E-state index in [1.54, 1.807) is 6.20 Å². The van der Waals surface area contributed by atoms with Gasteiger partial charge in [-0.05, 0) is 37.0 Å². The Bertz CT molecular complexity index is 1030. The number of carbonyl (C=O) groups is 2. The average molecular weight is 512 g/mol. The van der Waals surface area contributed by atoms with Crippen LogP contribution in [0, 0.1) is 12.8 Å². The molecule has 6 nitrogen and oxygen atoms in total. The number of rotatable bonds is 6. The monoisotopic (exact) mass is 511 g/mol. The summed E-state index contributed by atoms with van der Waals surface area (Å²) in [7, 11) is 0. The highest BCUT2D eigenvalue weighted by Gasteiger charge is 2.51. The number of nitrogens with zero attached hydrogens (tertiary/aromatic N) is 2.